The molecule has 0 saturated heterocycles. The second kappa shape index (κ2) is 5.05. The van der Waals surface area contributed by atoms with Gasteiger partial charge >= 0.3 is 0 Å². The van der Waals surface area contributed by atoms with E-state index in [4.69, 9.17) is 10.4 Å². The van der Waals surface area contributed by atoms with Crippen LogP contribution in [0.15, 0.2) is 20.4 Å². The predicted octanol–water partition coefficient (Wildman–Crippen LogP) is 0.422. The molecule has 2 rings (SSSR count). The number of nitrogen functional groups attached to an aromatic ring is 1. The normalized spacial score (nSPS) is 10.3. The van der Waals surface area contributed by atoms with Gasteiger partial charge in [-0.3, -0.25) is 10.2 Å². The van der Waals surface area contributed by atoms with E-state index in [9.17, 15) is 4.79 Å². The topological polar surface area (TPSA) is 107 Å². The summed E-state index contributed by atoms with van der Waals surface area (Å²) in [5, 5.41) is 11.1. The van der Waals surface area contributed by atoms with Gasteiger partial charge in [0.2, 0.25) is 0 Å². The first-order valence-corrected chi connectivity index (χ1v) is 6.01. The van der Waals surface area contributed by atoms with Gasteiger partial charge in [0, 0.05) is 6.07 Å². The molecule has 2 aromatic heterocycles. The maximum atomic E-state index is 11.1. The molecule has 2 aromatic rings. The van der Waals surface area contributed by atoms with Gasteiger partial charge in [-0.25, -0.2) is 5.84 Å². The second-order valence-corrected chi connectivity index (χ2v) is 4.70. The molecule has 16 heavy (non-hydrogen) atoms. The minimum atomic E-state index is -0.476. The molecular weight excluding hydrogens is 250 g/mol. The lowest BCUT2D eigenvalue weighted by molar-refractivity contribution is 0.0944. The minimum absolute atomic E-state index is 0.162. The summed E-state index contributed by atoms with van der Waals surface area (Å²) in [6.45, 7) is 0. The Bertz CT molecular complexity index is 469. The number of nitrogens with zero attached hydrogens (tertiary/aromatic N) is 3. The van der Waals surface area contributed by atoms with Crippen LogP contribution in [0.3, 0.4) is 0 Å². The summed E-state index contributed by atoms with van der Waals surface area (Å²) < 4.78 is 5.79. The number of thioether (sulfide) groups is 1. The monoisotopic (exact) mass is 257 g/mol. The summed E-state index contributed by atoms with van der Waals surface area (Å²) in [6.07, 6.45) is 0. The zero-order valence-electron chi connectivity index (χ0n) is 7.91. The van der Waals surface area contributed by atoms with Crippen LogP contribution in [0.4, 0.5) is 0 Å². The number of aromatic nitrogens is 3. The lowest BCUT2D eigenvalue weighted by atomic mass is 10.4. The molecule has 2 heterocycles. The highest BCUT2D eigenvalue weighted by Crippen LogP contribution is 2.23. The van der Waals surface area contributed by atoms with Crippen molar-refractivity contribution in [2.24, 2.45) is 5.84 Å². The van der Waals surface area contributed by atoms with Gasteiger partial charge < -0.3 is 4.52 Å². The molecular formula is C7H7N5O2S2. The Balaban J connectivity index is 1.95. The smallest absolute Gasteiger partial charge is 0.287 e. The molecule has 3 N–H and O–H groups in total. The fraction of sp³-hybridized carbons (Fsp3) is 0.143. The average molecular weight is 257 g/mol. The molecule has 7 nitrogen and oxygen atoms in total. The number of carbonyl (C=O) groups is 1. The molecule has 0 aromatic carbocycles. The second-order valence-electron chi connectivity index (χ2n) is 2.65. The molecule has 0 atom stereocenters. The number of carbonyl (C=O) groups excluding carboxylic acids is 1. The van der Waals surface area contributed by atoms with Gasteiger partial charge in [0.15, 0.2) is 10.0 Å². The first-order chi connectivity index (χ1) is 7.79. The molecule has 0 aliphatic carbocycles. The van der Waals surface area contributed by atoms with Crippen molar-refractivity contribution in [1.82, 2.24) is 20.8 Å². The van der Waals surface area contributed by atoms with Crippen LogP contribution in [0.2, 0.25) is 0 Å². The molecule has 0 unspecified atom stereocenters. The summed E-state index contributed by atoms with van der Waals surface area (Å²) in [5.74, 6) is 5.61. The highest BCUT2D eigenvalue weighted by Gasteiger charge is 2.11. The molecule has 9 heteroatoms. The van der Waals surface area contributed by atoms with Crippen molar-refractivity contribution in [2.75, 3.05) is 0 Å². The average Bonchev–Trinajstić information content (AvgIpc) is 2.96. The molecule has 1 amide bonds. The van der Waals surface area contributed by atoms with Crippen LogP contribution in [0, 0.1) is 0 Å². The van der Waals surface area contributed by atoms with Gasteiger partial charge in [0.05, 0.1) is 5.75 Å². The van der Waals surface area contributed by atoms with Crippen LogP contribution in [-0.4, -0.2) is 21.3 Å². The van der Waals surface area contributed by atoms with Crippen molar-refractivity contribution in [3.63, 3.8) is 0 Å². The number of nitrogens with one attached hydrogen (secondary N) is 1. The van der Waals surface area contributed by atoms with Crippen molar-refractivity contribution in [3.8, 4) is 0 Å². The minimum Gasteiger partial charge on any atom is -0.360 e. The van der Waals surface area contributed by atoms with E-state index in [0.29, 0.717) is 11.5 Å². The van der Waals surface area contributed by atoms with E-state index in [1.165, 1.54) is 29.2 Å². The first-order valence-electron chi connectivity index (χ1n) is 4.15. The molecule has 0 aliphatic heterocycles. The largest absolute Gasteiger partial charge is 0.360 e. The molecule has 0 aliphatic rings. The Morgan fingerprint density at radius 2 is 2.56 bits per heavy atom. The van der Waals surface area contributed by atoms with Crippen LogP contribution in [0.25, 0.3) is 0 Å². The highest BCUT2D eigenvalue weighted by atomic mass is 32.2. The maximum Gasteiger partial charge on any atom is 0.287 e. The summed E-state index contributed by atoms with van der Waals surface area (Å²) in [5.41, 5.74) is 3.79. The number of amides is 1. The molecule has 0 spiro atoms. The van der Waals surface area contributed by atoms with Crippen molar-refractivity contribution < 1.29 is 9.32 Å². The Morgan fingerprint density at radius 3 is 3.25 bits per heavy atom. The summed E-state index contributed by atoms with van der Waals surface area (Å²) >= 11 is 2.90. The number of nitrogens with two attached hydrogens (primary N) is 1. The third kappa shape index (κ3) is 2.56. The van der Waals surface area contributed by atoms with E-state index < -0.39 is 5.91 Å². The molecule has 0 fully saturated rings. The van der Waals surface area contributed by atoms with E-state index >= 15 is 0 Å². The third-order valence-electron chi connectivity index (χ3n) is 1.60. The fourth-order valence-corrected chi connectivity index (χ4v) is 2.28. The summed E-state index contributed by atoms with van der Waals surface area (Å²) in [6, 6.07) is 1.54. The summed E-state index contributed by atoms with van der Waals surface area (Å²) in [7, 11) is 0. The van der Waals surface area contributed by atoms with E-state index in [2.05, 4.69) is 15.4 Å². The number of hydrogen-bond donors (Lipinski definition) is 2. The lowest BCUT2D eigenvalue weighted by Gasteiger charge is -1.90. The number of hydrogen-bond acceptors (Lipinski definition) is 8. The van der Waals surface area contributed by atoms with E-state index in [1.807, 2.05) is 5.43 Å². The quantitative estimate of drug-likeness (QED) is 0.354. The Hall–Kier alpha value is -1.45. The number of hydrazine groups is 1. The SMILES string of the molecule is NNC(=O)c1cc(CSc2nncs2)on1. The molecule has 0 saturated carbocycles. The van der Waals surface area contributed by atoms with Crippen molar-refractivity contribution in [2.45, 2.75) is 10.1 Å². The standard InChI is InChI=1S/C7H7N5O2S2/c8-10-6(13)5-1-4(14-12-5)2-15-7-11-9-3-16-7/h1,3H,2,8H2,(H,10,13). The maximum absolute atomic E-state index is 11.1. The van der Waals surface area contributed by atoms with E-state index in [-0.39, 0.29) is 5.69 Å². The van der Waals surface area contributed by atoms with E-state index in [1.54, 1.807) is 5.51 Å². The zero-order valence-corrected chi connectivity index (χ0v) is 9.55. The predicted molar refractivity (Wildman–Crippen MR) is 57.6 cm³/mol. The lowest BCUT2D eigenvalue weighted by Crippen LogP contribution is -2.30. The van der Waals surface area contributed by atoms with Crippen LogP contribution in [0.5, 0.6) is 0 Å². The fourth-order valence-electron chi connectivity index (χ4n) is 0.921. The molecule has 84 valence electrons. The molecule has 0 radical (unpaired) electrons. The van der Waals surface area contributed by atoms with E-state index in [0.717, 1.165) is 4.34 Å². The first kappa shape index (κ1) is 11.0. The summed E-state index contributed by atoms with van der Waals surface area (Å²) in [4.78, 5) is 11.1. The van der Waals surface area contributed by atoms with Crippen LogP contribution >= 0.6 is 23.1 Å². The van der Waals surface area contributed by atoms with Crippen molar-refractivity contribution in [3.05, 3.63) is 23.0 Å². The van der Waals surface area contributed by atoms with Gasteiger partial charge in [-0.15, -0.1) is 10.2 Å². The van der Waals surface area contributed by atoms with Gasteiger partial charge in [-0.2, -0.15) is 0 Å². The Labute approximate surface area is 98.4 Å². The van der Waals surface area contributed by atoms with Crippen LogP contribution in [0.1, 0.15) is 16.2 Å². The molecule has 0 bridgehead atoms. The number of rotatable bonds is 4. The van der Waals surface area contributed by atoms with Crippen molar-refractivity contribution >= 4 is 29.0 Å². The van der Waals surface area contributed by atoms with Crippen molar-refractivity contribution in [1.29, 1.82) is 0 Å². The van der Waals surface area contributed by atoms with Gasteiger partial charge in [0.25, 0.3) is 5.91 Å². The van der Waals surface area contributed by atoms with Crippen LogP contribution in [-0.2, 0) is 5.75 Å². The van der Waals surface area contributed by atoms with Gasteiger partial charge in [-0.1, -0.05) is 28.3 Å². The van der Waals surface area contributed by atoms with Crippen LogP contribution < -0.4 is 11.3 Å². The van der Waals surface area contributed by atoms with Gasteiger partial charge in [-0.05, 0) is 0 Å². The Morgan fingerprint density at radius 1 is 1.69 bits per heavy atom. The highest BCUT2D eigenvalue weighted by molar-refractivity contribution is 8.00. The third-order valence-corrected chi connectivity index (χ3v) is 3.48. The zero-order chi connectivity index (χ0) is 11.4. The van der Waals surface area contributed by atoms with Gasteiger partial charge in [0.1, 0.15) is 11.3 Å². The Kier molecular flexibility index (Phi) is 3.49.